The molecule has 1 aliphatic rings. The fourth-order valence-corrected chi connectivity index (χ4v) is 2.63. The van der Waals surface area contributed by atoms with Crippen LogP contribution in [0.25, 0.3) is 0 Å². The third-order valence-corrected chi connectivity index (χ3v) is 3.71. The Kier molecular flexibility index (Phi) is 5.05. The number of nitrogens with two attached hydrogens (primary N) is 1. The molecule has 1 aromatic carbocycles. The summed E-state index contributed by atoms with van der Waals surface area (Å²) in [4.78, 5) is 2.25. The summed E-state index contributed by atoms with van der Waals surface area (Å²) in [5.41, 5.74) is 7.57. The molecule has 0 atom stereocenters. The summed E-state index contributed by atoms with van der Waals surface area (Å²) in [5.74, 6) is 1.56. The van der Waals surface area contributed by atoms with Crippen molar-refractivity contribution in [3.63, 3.8) is 0 Å². The topological polar surface area (TPSA) is 46.3 Å². The molecule has 1 aliphatic heterocycles. The molecule has 1 fully saturated rings. The summed E-state index contributed by atoms with van der Waals surface area (Å²) in [6.07, 6.45) is 0. The molecule has 0 radical (unpaired) electrons. The van der Waals surface area contributed by atoms with Crippen molar-refractivity contribution in [1.82, 2.24) is 0 Å². The lowest BCUT2D eigenvalue weighted by atomic mass is 10.2. The highest BCUT2D eigenvalue weighted by Gasteiger charge is 2.14. The van der Waals surface area contributed by atoms with Crippen molar-refractivity contribution in [3.05, 3.63) is 37.4 Å². The highest BCUT2D eigenvalue weighted by atomic mass is 32.2. The molecular formula is C12H18N2OS. The van der Waals surface area contributed by atoms with Gasteiger partial charge in [-0.05, 0) is 24.3 Å². The summed E-state index contributed by atoms with van der Waals surface area (Å²) in [6.45, 7) is 7.77. The molecule has 0 aliphatic carbocycles. The summed E-state index contributed by atoms with van der Waals surface area (Å²) < 4.78 is 11.2. The molecule has 3 nitrogen and oxygen atoms in total. The Hall–Kier alpha value is -1.29. The molecule has 1 saturated heterocycles. The van der Waals surface area contributed by atoms with Gasteiger partial charge in [0.2, 0.25) is 0 Å². The van der Waals surface area contributed by atoms with E-state index in [9.17, 15) is 4.21 Å². The predicted molar refractivity (Wildman–Crippen MR) is 72.2 cm³/mol. The molecule has 1 heterocycles. The van der Waals surface area contributed by atoms with Crippen LogP contribution in [0.3, 0.4) is 0 Å². The lowest BCUT2D eigenvalue weighted by Crippen LogP contribution is -2.37. The molecule has 4 heteroatoms. The van der Waals surface area contributed by atoms with E-state index < -0.39 is 10.8 Å². The van der Waals surface area contributed by atoms with E-state index in [1.807, 2.05) is 24.3 Å². The van der Waals surface area contributed by atoms with Crippen LogP contribution in [-0.4, -0.2) is 28.8 Å². The van der Waals surface area contributed by atoms with Crippen LogP contribution >= 0.6 is 0 Å². The third-order valence-electron chi connectivity index (χ3n) is 2.44. The van der Waals surface area contributed by atoms with Crippen LogP contribution in [0.4, 0.5) is 11.4 Å². The van der Waals surface area contributed by atoms with Crippen LogP contribution in [0.5, 0.6) is 0 Å². The number of benzene rings is 1. The molecule has 0 aromatic heterocycles. The van der Waals surface area contributed by atoms with Gasteiger partial charge in [-0.25, -0.2) is 0 Å². The van der Waals surface area contributed by atoms with Crippen LogP contribution in [0.15, 0.2) is 37.4 Å². The van der Waals surface area contributed by atoms with E-state index in [0.29, 0.717) is 0 Å². The monoisotopic (exact) mass is 238 g/mol. The average Bonchev–Trinajstić information content (AvgIpc) is 2.34. The van der Waals surface area contributed by atoms with E-state index in [1.165, 1.54) is 5.69 Å². The van der Waals surface area contributed by atoms with Gasteiger partial charge in [0.15, 0.2) is 0 Å². The fraction of sp³-hybridized carbons (Fsp3) is 0.333. The molecule has 0 spiro atoms. The SMILES string of the molecule is C=C.Nc1ccc(N2CCS(=O)CC2)cc1. The second-order valence-electron chi connectivity index (χ2n) is 3.43. The van der Waals surface area contributed by atoms with Gasteiger partial charge in [-0.1, -0.05) is 0 Å². The Morgan fingerprint density at radius 1 is 1.12 bits per heavy atom. The Bertz CT molecular complexity index is 341. The zero-order chi connectivity index (χ0) is 12.0. The van der Waals surface area contributed by atoms with Gasteiger partial charge < -0.3 is 10.6 Å². The van der Waals surface area contributed by atoms with Gasteiger partial charge in [-0.15, -0.1) is 13.2 Å². The average molecular weight is 238 g/mol. The first-order valence-electron chi connectivity index (χ1n) is 5.21. The molecule has 0 amide bonds. The van der Waals surface area contributed by atoms with Crippen molar-refractivity contribution in [2.24, 2.45) is 0 Å². The fourth-order valence-electron chi connectivity index (χ4n) is 1.58. The van der Waals surface area contributed by atoms with E-state index in [0.717, 1.165) is 30.3 Å². The second-order valence-corrected chi connectivity index (χ2v) is 5.12. The summed E-state index contributed by atoms with van der Waals surface area (Å²) in [5, 5.41) is 0. The summed E-state index contributed by atoms with van der Waals surface area (Å²) in [6, 6.07) is 7.84. The van der Waals surface area contributed by atoms with Crippen LogP contribution in [0, 0.1) is 0 Å². The van der Waals surface area contributed by atoms with Gasteiger partial charge in [0.1, 0.15) is 0 Å². The zero-order valence-corrected chi connectivity index (χ0v) is 10.2. The zero-order valence-electron chi connectivity index (χ0n) is 9.39. The Morgan fingerprint density at radius 3 is 2.12 bits per heavy atom. The second kappa shape index (κ2) is 6.33. The van der Waals surface area contributed by atoms with Gasteiger partial charge in [-0.3, -0.25) is 4.21 Å². The maximum atomic E-state index is 11.2. The van der Waals surface area contributed by atoms with Crippen LogP contribution < -0.4 is 10.6 Å². The maximum Gasteiger partial charge on any atom is 0.0411 e. The number of rotatable bonds is 1. The lowest BCUT2D eigenvalue weighted by Gasteiger charge is -2.28. The quantitative estimate of drug-likeness (QED) is 0.597. The van der Waals surface area contributed by atoms with Crippen LogP contribution in [0.2, 0.25) is 0 Å². The van der Waals surface area contributed by atoms with Crippen molar-refractivity contribution in [3.8, 4) is 0 Å². The maximum absolute atomic E-state index is 11.2. The minimum absolute atomic E-state index is 0.605. The molecule has 16 heavy (non-hydrogen) atoms. The smallest absolute Gasteiger partial charge is 0.0411 e. The van der Waals surface area contributed by atoms with Gasteiger partial charge in [0.05, 0.1) is 0 Å². The molecule has 2 rings (SSSR count). The van der Waals surface area contributed by atoms with Gasteiger partial charge >= 0.3 is 0 Å². The minimum Gasteiger partial charge on any atom is -0.399 e. The third kappa shape index (κ3) is 3.38. The van der Waals surface area contributed by atoms with Crippen molar-refractivity contribution >= 4 is 22.2 Å². The first kappa shape index (κ1) is 12.8. The van der Waals surface area contributed by atoms with Crippen LogP contribution in [-0.2, 0) is 10.8 Å². The standard InChI is InChI=1S/C10H14N2OS.C2H4/c11-9-1-3-10(4-2-9)12-5-7-14(13)8-6-12;1-2/h1-4H,5-8,11H2;1-2H2. The highest BCUT2D eigenvalue weighted by molar-refractivity contribution is 7.85. The predicted octanol–water partition coefficient (Wildman–Crippen LogP) is 1.64. The number of nitrogen functional groups attached to an aromatic ring is 1. The minimum atomic E-state index is -0.605. The Morgan fingerprint density at radius 2 is 1.62 bits per heavy atom. The number of anilines is 2. The highest BCUT2D eigenvalue weighted by Crippen LogP contribution is 2.17. The first-order chi connectivity index (χ1) is 7.75. The van der Waals surface area contributed by atoms with E-state index in [4.69, 9.17) is 5.73 Å². The van der Waals surface area contributed by atoms with Gasteiger partial charge in [0.25, 0.3) is 0 Å². The Labute approximate surface area is 99.4 Å². The summed E-state index contributed by atoms with van der Waals surface area (Å²) in [7, 11) is -0.605. The molecule has 88 valence electrons. The van der Waals surface area contributed by atoms with E-state index in [1.54, 1.807) is 0 Å². The first-order valence-corrected chi connectivity index (χ1v) is 6.70. The van der Waals surface area contributed by atoms with Gasteiger partial charge in [0, 0.05) is 46.8 Å². The Balaban J connectivity index is 0.000000606. The van der Waals surface area contributed by atoms with Crippen molar-refractivity contribution in [1.29, 1.82) is 0 Å². The molecule has 1 aromatic rings. The summed E-state index contributed by atoms with van der Waals surface area (Å²) >= 11 is 0. The lowest BCUT2D eigenvalue weighted by molar-refractivity contribution is 0.673. The van der Waals surface area contributed by atoms with E-state index in [-0.39, 0.29) is 0 Å². The molecule has 0 saturated carbocycles. The van der Waals surface area contributed by atoms with E-state index in [2.05, 4.69) is 18.1 Å². The molecule has 0 unspecified atom stereocenters. The molecule has 0 bridgehead atoms. The normalized spacial score (nSPS) is 16.4. The van der Waals surface area contributed by atoms with Crippen molar-refractivity contribution < 1.29 is 4.21 Å². The van der Waals surface area contributed by atoms with Gasteiger partial charge in [-0.2, -0.15) is 0 Å². The number of nitrogens with zero attached hydrogens (tertiary/aromatic N) is 1. The van der Waals surface area contributed by atoms with Crippen molar-refractivity contribution in [2.45, 2.75) is 0 Å². The largest absolute Gasteiger partial charge is 0.399 e. The number of hydrogen-bond acceptors (Lipinski definition) is 3. The van der Waals surface area contributed by atoms with Crippen LogP contribution in [0.1, 0.15) is 0 Å². The molecule has 2 N–H and O–H groups in total. The van der Waals surface area contributed by atoms with E-state index >= 15 is 0 Å². The van der Waals surface area contributed by atoms with Crippen molar-refractivity contribution in [2.75, 3.05) is 35.2 Å². The molecular weight excluding hydrogens is 220 g/mol. The number of hydrogen-bond donors (Lipinski definition) is 1.